The zero-order chi connectivity index (χ0) is 28.1. The number of benzene rings is 2. The van der Waals surface area contributed by atoms with E-state index < -0.39 is 17.9 Å². The van der Waals surface area contributed by atoms with Crippen molar-refractivity contribution in [3.05, 3.63) is 68.0 Å². The molecule has 2 aromatic carbocycles. The van der Waals surface area contributed by atoms with Crippen LogP contribution in [0.2, 0.25) is 0 Å². The fraction of sp³-hybridized carbons (Fsp3) is 0.500. The molecular weight excluding hydrogens is 490 g/mol. The van der Waals surface area contributed by atoms with Crippen molar-refractivity contribution >= 4 is 11.9 Å². The summed E-state index contributed by atoms with van der Waals surface area (Å²) < 4.78 is 10.7. The first kappa shape index (κ1) is 30.4. The average molecular weight is 528 g/mol. The molecule has 38 heavy (non-hydrogen) atoms. The Kier molecular flexibility index (Phi) is 12.4. The molecule has 206 valence electrons. The molecule has 2 rings (SSSR count). The van der Waals surface area contributed by atoms with Crippen LogP contribution in [0.1, 0.15) is 66.8 Å². The maximum atomic E-state index is 12.1. The molecule has 0 heterocycles. The van der Waals surface area contributed by atoms with Gasteiger partial charge in [-0.1, -0.05) is 36.3 Å². The zero-order valence-corrected chi connectivity index (χ0v) is 22.5. The number of rotatable bonds is 16. The van der Waals surface area contributed by atoms with Gasteiger partial charge in [0, 0.05) is 0 Å². The number of carbonyl (C=O) groups excluding carboxylic acids is 2. The number of hydrogen-bond acceptors (Lipinski definition) is 9. The van der Waals surface area contributed by atoms with Crippen LogP contribution in [0.4, 0.5) is 0 Å². The van der Waals surface area contributed by atoms with Gasteiger partial charge in [0.2, 0.25) is 5.91 Å². The normalized spacial score (nSPS) is 11.6. The van der Waals surface area contributed by atoms with E-state index in [1.54, 1.807) is 6.07 Å². The van der Waals surface area contributed by atoms with Crippen molar-refractivity contribution in [3.63, 3.8) is 0 Å². The van der Waals surface area contributed by atoms with E-state index in [9.17, 15) is 24.5 Å². The number of aromatic hydroxyl groups is 1. The van der Waals surface area contributed by atoms with Crippen LogP contribution < -0.4 is 10.1 Å². The molecule has 0 saturated carbocycles. The lowest BCUT2D eigenvalue weighted by atomic mass is 9.93. The van der Waals surface area contributed by atoms with Crippen molar-refractivity contribution < 1.29 is 24.2 Å². The molecule has 10 nitrogen and oxygen atoms in total. The Morgan fingerprint density at radius 1 is 1.05 bits per heavy atom. The SMILES string of the molecule is Cc1cc(OCC(=O)OCCNC(=O)[C@H](CCCCN=O)N=O)cc(C)c1Cc1ccc(O)c(C(C)C)c1. The van der Waals surface area contributed by atoms with Crippen LogP contribution in [0.25, 0.3) is 0 Å². The smallest absolute Gasteiger partial charge is 0.344 e. The highest BCUT2D eigenvalue weighted by molar-refractivity contribution is 5.81. The lowest BCUT2D eigenvalue weighted by molar-refractivity contribution is -0.146. The van der Waals surface area contributed by atoms with Gasteiger partial charge in [-0.15, -0.1) is 4.91 Å². The number of carbonyl (C=O) groups is 2. The zero-order valence-electron chi connectivity index (χ0n) is 22.5. The summed E-state index contributed by atoms with van der Waals surface area (Å²) >= 11 is 0. The minimum absolute atomic E-state index is 0.0369. The molecule has 0 saturated heterocycles. The maximum Gasteiger partial charge on any atom is 0.344 e. The minimum Gasteiger partial charge on any atom is -0.508 e. The highest BCUT2D eigenvalue weighted by atomic mass is 16.6. The molecule has 1 atom stereocenters. The Labute approximate surface area is 223 Å². The summed E-state index contributed by atoms with van der Waals surface area (Å²) in [5, 5.41) is 18.1. The van der Waals surface area contributed by atoms with Crippen LogP contribution >= 0.6 is 0 Å². The number of nitrogens with one attached hydrogen (secondary N) is 1. The summed E-state index contributed by atoms with van der Waals surface area (Å²) in [6.07, 6.45) is 1.91. The number of phenolic OH excluding ortho intramolecular Hbond substituents is 1. The second kappa shape index (κ2) is 15.4. The molecule has 2 aromatic rings. The molecule has 0 unspecified atom stereocenters. The van der Waals surface area contributed by atoms with Gasteiger partial charge in [0.25, 0.3) is 0 Å². The Hall–Kier alpha value is -3.82. The molecule has 0 aliphatic carbocycles. The van der Waals surface area contributed by atoms with Crippen LogP contribution in [0.15, 0.2) is 40.7 Å². The highest BCUT2D eigenvalue weighted by Crippen LogP contribution is 2.29. The number of nitrogens with zero attached hydrogens (tertiary/aromatic N) is 2. The summed E-state index contributed by atoms with van der Waals surface area (Å²) in [6.45, 7) is 7.87. The predicted octanol–water partition coefficient (Wildman–Crippen LogP) is 4.83. The minimum atomic E-state index is -1.05. The van der Waals surface area contributed by atoms with Gasteiger partial charge in [0.1, 0.15) is 18.1 Å². The Balaban J connectivity index is 1.81. The summed E-state index contributed by atoms with van der Waals surface area (Å²) in [5.41, 5.74) is 5.22. The number of nitroso groups, excluding NO2 is 2. The van der Waals surface area contributed by atoms with E-state index in [1.807, 2.05) is 52.0 Å². The summed E-state index contributed by atoms with van der Waals surface area (Å²) in [6, 6.07) is 8.38. The lowest BCUT2D eigenvalue weighted by Gasteiger charge is -2.15. The van der Waals surface area contributed by atoms with Gasteiger partial charge in [-0.05, 0) is 91.5 Å². The standard InChI is InChI=1S/C28H37N3O7/c1-18(2)23-15-21(8-9-26(23)32)16-24-19(3)13-22(14-20(24)4)38-17-27(33)37-12-11-29-28(34)25(31-36)7-5-6-10-30-35/h8-9,13-15,18,25,32H,5-7,10-12,16-17H2,1-4H3,(H,29,34)/t25-/m0/s1. The quantitative estimate of drug-likeness (QED) is 0.181. The Morgan fingerprint density at radius 2 is 1.76 bits per heavy atom. The summed E-state index contributed by atoms with van der Waals surface area (Å²) in [5.74, 6) is -0.0670. The van der Waals surface area contributed by atoms with E-state index in [1.165, 1.54) is 0 Å². The van der Waals surface area contributed by atoms with E-state index in [4.69, 9.17) is 9.47 Å². The first-order chi connectivity index (χ1) is 18.2. The van der Waals surface area contributed by atoms with Gasteiger partial charge in [0.05, 0.1) is 13.1 Å². The van der Waals surface area contributed by atoms with Crippen molar-refractivity contribution in [2.75, 3.05) is 26.3 Å². The number of hydrogen-bond donors (Lipinski definition) is 2. The molecule has 0 spiro atoms. The number of esters is 1. The second-order valence-corrected chi connectivity index (χ2v) is 9.53. The summed E-state index contributed by atoms with van der Waals surface area (Å²) in [7, 11) is 0. The van der Waals surface area contributed by atoms with Crippen molar-refractivity contribution in [1.29, 1.82) is 0 Å². The third-order valence-corrected chi connectivity index (χ3v) is 6.19. The topological polar surface area (TPSA) is 144 Å². The largest absolute Gasteiger partial charge is 0.508 e. The van der Waals surface area contributed by atoms with Crippen molar-refractivity contribution in [1.82, 2.24) is 5.32 Å². The van der Waals surface area contributed by atoms with Gasteiger partial charge < -0.3 is 19.9 Å². The molecule has 10 heteroatoms. The second-order valence-electron chi connectivity index (χ2n) is 9.53. The number of unbranched alkanes of at least 4 members (excludes halogenated alkanes) is 1. The Bertz CT molecular complexity index is 1090. The molecule has 0 aliphatic heterocycles. The maximum absolute atomic E-state index is 12.1. The number of amides is 1. The summed E-state index contributed by atoms with van der Waals surface area (Å²) in [4.78, 5) is 45.0. The van der Waals surface area contributed by atoms with E-state index in [2.05, 4.69) is 15.7 Å². The first-order valence-corrected chi connectivity index (χ1v) is 12.8. The van der Waals surface area contributed by atoms with E-state index in [0.29, 0.717) is 30.8 Å². The van der Waals surface area contributed by atoms with Crippen molar-refractivity contribution in [2.24, 2.45) is 10.4 Å². The van der Waals surface area contributed by atoms with E-state index >= 15 is 0 Å². The molecule has 1 amide bonds. The van der Waals surface area contributed by atoms with Crippen LogP contribution in [0.5, 0.6) is 11.5 Å². The van der Waals surface area contributed by atoms with Gasteiger partial charge in [-0.25, -0.2) is 4.79 Å². The van der Waals surface area contributed by atoms with Gasteiger partial charge in [0.15, 0.2) is 12.6 Å². The first-order valence-electron chi connectivity index (χ1n) is 12.8. The average Bonchev–Trinajstić information content (AvgIpc) is 2.88. The number of aryl methyl sites for hydroxylation is 2. The molecule has 0 aliphatic rings. The van der Waals surface area contributed by atoms with Gasteiger partial charge >= 0.3 is 5.97 Å². The molecule has 0 radical (unpaired) electrons. The van der Waals surface area contributed by atoms with Gasteiger partial charge in [-0.2, -0.15) is 4.91 Å². The van der Waals surface area contributed by atoms with E-state index in [0.717, 1.165) is 27.8 Å². The Morgan fingerprint density at radius 3 is 2.39 bits per heavy atom. The molecule has 0 bridgehead atoms. The van der Waals surface area contributed by atoms with Crippen LogP contribution in [0.3, 0.4) is 0 Å². The van der Waals surface area contributed by atoms with Crippen LogP contribution in [-0.2, 0) is 20.7 Å². The fourth-order valence-corrected chi connectivity index (χ4v) is 4.08. The van der Waals surface area contributed by atoms with Crippen LogP contribution in [0, 0.1) is 23.7 Å². The third-order valence-electron chi connectivity index (χ3n) is 6.19. The predicted molar refractivity (Wildman–Crippen MR) is 144 cm³/mol. The van der Waals surface area contributed by atoms with Gasteiger partial charge in [-0.3, -0.25) is 4.79 Å². The van der Waals surface area contributed by atoms with Crippen LogP contribution in [-0.4, -0.2) is 49.3 Å². The molecule has 0 aromatic heterocycles. The molecule has 0 fully saturated rings. The molecule has 2 N–H and O–H groups in total. The monoisotopic (exact) mass is 527 g/mol. The van der Waals surface area contributed by atoms with Crippen molar-refractivity contribution in [2.45, 2.75) is 65.3 Å². The van der Waals surface area contributed by atoms with E-state index in [-0.39, 0.29) is 38.6 Å². The number of phenols is 1. The third kappa shape index (κ3) is 9.57. The molecular formula is C28H37N3O7. The fourth-order valence-electron chi connectivity index (χ4n) is 4.08. The number of ether oxygens (including phenoxy) is 2. The highest BCUT2D eigenvalue weighted by Gasteiger charge is 2.18. The lowest BCUT2D eigenvalue weighted by Crippen LogP contribution is -2.36. The van der Waals surface area contributed by atoms with Crippen molar-refractivity contribution in [3.8, 4) is 11.5 Å².